The fourth-order valence-corrected chi connectivity index (χ4v) is 2.35. The van der Waals surface area contributed by atoms with Gasteiger partial charge in [-0.1, -0.05) is 39.5 Å². The molecule has 16 heavy (non-hydrogen) atoms. The average Bonchev–Trinajstić information content (AvgIpc) is 2.45. The van der Waals surface area contributed by atoms with Gasteiger partial charge < -0.3 is 11.1 Å². The van der Waals surface area contributed by atoms with E-state index in [1.807, 2.05) is 0 Å². The van der Waals surface area contributed by atoms with E-state index in [1.165, 1.54) is 25.7 Å². The van der Waals surface area contributed by atoms with E-state index >= 15 is 0 Å². The highest BCUT2D eigenvalue weighted by Gasteiger charge is 2.19. The van der Waals surface area contributed by atoms with E-state index in [1.54, 1.807) is 0 Å². The highest BCUT2D eigenvalue weighted by atomic mass is 16.2. The first-order valence-electron chi connectivity index (χ1n) is 6.65. The van der Waals surface area contributed by atoms with E-state index in [9.17, 15) is 4.79 Å². The van der Waals surface area contributed by atoms with Crippen molar-refractivity contribution >= 4 is 5.91 Å². The lowest BCUT2D eigenvalue weighted by Crippen LogP contribution is -2.45. The first kappa shape index (κ1) is 13.5. The number of nitrogens with two attached hydrogens (primary N) is 1. The zero-order chi connectivity index (χ0) is 12.0. The molecule has 1 rings (SSSR count). The van der Waals surface area contributed by atoms with Crippen molar-refractivity contribution in [3.63, 3.8) is 0 Å². The molecule has 3 N–H and O–H groups in total. The molecule has 94 valence electrons. The number of nitrogens with one attached hydrogen (secondary N) is 1. The van der Waals surface area contributed by atoms with Gasteiger partial charge in [-0.25, -0.2) is 0 Å². The van der Waals surface area contributed by atoms with E-state index in [-0.39, 0.29) is 11.9 Å². The van der Waals surface area contributed by atoms with Gasteiger partial charge in [0.2, 0.25) is 5.91 Å². The monoisotopic (exact) mass is 226 g/mol. The third-order valence-electron chi connectivity index (χ3n) is 3.26. The highest BCUT2D eigenvalue weighted by Crippen LogP contribution is 2.17. The zero-order valence-electron chi connectivity index (χ0n) is 10.7. The summed E-state index contributed by atoms with van der Waals surface area (Å²) in [7, 11) is 0. The minimum Gasteiger partial charge on any atom is -0.352 e. The third kappa shape index (κ3) is 4.97. The van der Waals surface area contributed by atoms with E-state index in [2.05, 4.69) is 19.2 Å². The molecular weight excluding hydrogens is 200 g/mol. The van der Waals surface area contributed by atoms with Gasteiger partial charge in [0.25, 0.3) is 0 Å². The standard InChI is InChI=1S/C13H26N2O/c1-10(2)9-12(14)13(16)15-11-7-5-3-4-6-8-11/h10-12H,3-9,14H2,1-2H3,(H,15,16)/t12-/m0/s1. The number of amides is 1. The van der Waals surface area contributed by atoms with E-state index in [0.717, 1.165) is 19.3 Å². The van der Waals surface area contributed by atoms with Crippen LogP contribution >= 0.6 is 0 Å². The molecule has 0 aromatic heterocycles. The van der Waals surface area contributed by atoms with Crippen molar-refractivity contribution in [1.29, 1.82) is 0 Å². The fraction of sp³-hybridized carbons (Fsp3) is 0.923. The Hall–Kier alpha value is -0.570. The van der Waals surface area contributed by atoms with E-state index in [0.29, 0.717) is 12.0 Å². The molecule has 1 saturated carbocycles. The Bertz CT molecular complexity index is 208. The van der Waals surface area contributed by atoms with Crippen LogP contribution in [0.3, 0.4) is 0 Å². The van der Waals surface area contributed by atoms with Gasteiger partial charge in [-0.3, -0.25) is 4.79 Å². The number of carbonyl (C=O) groups is 1. The van der Waals surface area contributed by atoms with E-state index < -0.39 is 0 Å². The molecule has 1 amide bonds. The largest absolute Gasteiger partial charge is 0.352 e. The Morgan fingerprint density at radius 1 is 1.25 bits per heavy atom. The third-order valence-corrected chi connectivity index (χ3v) is 3.26. The maximum absolute atomic E-state index is 11.8. The van der Waals surface area contributed by atoms with Crippen LogP contribution in [0.1, 0.15) is 58.8 Å². The van der Waals surface area contributed by atoms with Crippen molar-refractivity contribution in [2.75, 3.05) is 0 Å². The Kier molecular flexibility index (Phi) is 5.81. The molecule has 0 heterocycles. The number of hydrogen-bond acceptors (Lipinski definition) is 2. The van der Waals surface area contributed by atoms with Crippen LogP contribution in [0.15, 0.2) is 0 Å². The molecule has 1 fully saturated rings. The van der Waals surface area contributed by atoms with Crippen LogP contribution in [-0.2, 0) is 4.79 Å². The Morgan fingerprint density at radius 3 is 2.31 bits per heavy atom. The van der Waals surface area contributed by atoms with Crippen LogP contribution in [0.4, 0.5) is 0 Å². The molecule has 1 atom stereocenters. The molecule has 0 unspecified atom stereocenters. The second-order valence-electron chi connectivity index (χ2n) is 5.43. The lowest BCUT2D eigenvalue weighted by Gasteiger charge is -2.20. The second-order valence-corrected chi connectivity index (χ2v) is 5.43. The molecule has 0 aliphatic heterocycles. The maximum atomic E-state index is 11.8. The molecule has 3 nitrogen and oxygen atoms in total. The van der Waals surface area contributed by atoms with Gasteiger partial charge >= 0.3 is 0 Å². The maximum Gasteiger partial charge on any atom is 0.237 e. The van der Waals surface area contributed by atoms with Crippen molar-refractivity contribution in [2.24, 2.45) is 11.7 Å². The Morgan fingerprint density at radius 2 is 1.81 bits per heavy atom. The lowest BCUT2D eigenvalue weighted by atomic mass is 10.0. The van der Waals surface area contributed by atoms with Crippen LogP contribution < -0.4 is 11.1 Å². The van der Waals surface area contributed by atoms with E-state index in [4.69, 9.17) is 5.73 Å². The molecule has 3 heteroatoms. The van der Waals surface area contributed by atoms with Gasteiger partial charge in [-0.05, 0) is 25.2 Å². The minimum atomic E-state index is -0.330. The number of rotatable bonds is 4. The smallest absolute Gasteiger partial charge is 0.237 e. The van der Waals surface area contributed by atoms with Gasteiger partial charge in [0, 0.05) is 6.04 Å². The van der Waals surface area contributed by atoms with Crippen LogP contribution in [0, 0.1) is 5.92 Å². The first-order valence-corrected chi connectivity index (χ1v) is 6.65. The summed E-state index contributed by atoms with van der Waals surface area (Å²) in [5.41, 5.74) is 5.86. The number of carbonyl (C=O) groups excluding carboxylic acids is 1. The van der Waals surface area contributed by atoms with Crippen LogP contribution in [-0.4, -0.2) is 18.0 Å². The normalized spacial score (nSPS) is 20.5. The SMILES string of the molecule is CC(C)C[C@H](N)C(=O)NC1CCCCCC1. The van der Waals surface area contributed by atoms with Gasteiger partial charge in [0.1, 0.15) is 0 Å². The van der Waals surface area contributed by atoms with Crippen molar-refractivity contribution in [3.8, 4) is 0 Å². The molecule has 1 aliphatic carbocycles. The fourth-order valence-electron chi connectivity index (χ4n) is 2.35. The van der Waals surface area contributed by atoms with Gasteiger partial charge in [0.15, 0.2) is 0 Å². The van der Waals surface area contributed by atoms with Crippen LogP contribution in [0.5, 0.6) is 0 Å². The average molecular weight is 226 g/mol. The van der Waals surface area contributed by atoms with Crippen molar-refractivity contribution in [3.05, 3.63) is 0 Å². The van der Waals surface area contributed by atoms with Crippen LogP contribution in [0.2, 0.25) is 0 Å². The summed E-state index contributed by atoms with van der Waals surface area (Å²) >= 11 is 0. The quantitative estimate of drug-likeness (QED) is 0.722. The molecule has 0 bridgehead atoms. The molecular formula is C13H26N2O. The predicted molar refractivity (Wildman–Crippen MR) is 67.1 cm³/mol. The summed E-state index contributed by atoms with van der Waals surface area (Å²) in [6, 6.07) is 0.0384. The summed E-state index contributed by atoms with van der Waals surface area (Å²) in [5.74, 6) is 0.524. The Labute approximate surface area is 99.2 Å². The van der Waals surface area contributed by atoms with Crippen LogP contribution in [0.25, 0.3) is 0 Å². The first-order chi connectivity index (χ1) is 7.59. The summed E-state index contributed by atoms with van der Waals surface area (Å²) in [4.78, 5) is 11.8. The zero-order valence-corrected chi connectivity index (χ0v) is 10.7. The topological polar surface area (TPSA) is 55.1 Å². The molecule has 1 aliphatic rings. The molecule has 0 aromatic rings. The minimum absolute atomic E-state index is 0.0422. The lowest BCUT2D eigenvalue weighted by molar-refractivity contribution is -0.123. The summed E-state index contributed by atoms with van der Waals surface area (Å²) in [6.45, 7) is 4.19. The Balaban J connectivity index is 2.31. The summed E-state index contributed by atoms with van der Waals surface area (Å²) in [6.07, 6.45) is 8.13. The van der Waals surface area contributed by atoms with Gasteiger partial charge in [-0.15, -0.1) is 0 Å². The van der Waals surface area contributed by atoms with Crippen molar-refractivity contribution in [2.45, 2.75) is 70.9 Å². The van der Waals surface area contributed by atoms with Crippen molar-refractivity contribution in [1.82, 2.24) is 5.32 Å². The summed E-state index contributed by atoms with van der Waals surface area (Å²) < 4.78 is 0. The van der Waals surface area contributed by atoms with Gasteiger partial charge in [0.05, 0.1) is 6.04 Å². The van der Waals surface area contributed by atoms with Crippen molar-refractivity contribution < 1.29 is 4.79 Å². The number of hydrogen-bond donors (Lipinski definition) is 2. The molecule has 0 aromatic carbocycles. The predicted octanol–water partition coefficient (Wildman–Crippen LogP) is 2.20. The molecule has 0 spiro atoms. The second kappa shape index (κ2) is 6.89. The summed E-state index contributed by atoms with van der Waals surface area (Å²) in [5, 5.41) is 3.10. The highest BCUT2D eigenvalue weighted by molar-refractivity contribution is 5.81. The van der Waals surface area contributed by atoms with Gasteiger partial charge in [-0.2, -0.15) is 0 Å². The molecule has 0 saturated heterocycles. The molecule has 0 radical (unpaired) electrons.